The molecule has 0 aromatic heterocycles. The molecule has 0 bridgehead atoms. The van der Waals surface area contributed by atoms with E-state index in [1.807, 2.05) is 51.1 Å². The van der Waals surface area contributed by atoms with Crippen molar-refractivity contribution in [3.8, 4) is 11.5 Å². The van der Waals surface area contributed by atoms with Gasteiger partial charge in [0.05, 0.1) is 25.4 Å². The van der Waals surface area contributed by atoms with Crippen LogP contribution in [-0.2, 0) is 5.41 Å². The first kappa shape index (κ1) is 31.1. The Hall–Kier alpha value is -2.89. The molecule has 1 fully saturated rings. The molecule has 2 N–H and O–H groups in total. The highest BCUT2D eigenvalue weighted by Crippen LogP contribution is 2.34. The van der Waals surface area contributed by atoms with Gasteiger partial charge in [-0.15, -0.1) is 0 Å². The molecular formula is C31H44O5. The summed E-state index contributed by atoms with van der Waals surface area (Å²) in [6.07, 6.45) is 10.1. The smallest absolute Gasteiger partial charge is 0.343 e. The number of aliphatic hydroxyl groups is 2. The lowest BCUT2D eigenvalue weighted by Gasteiger charge is -2.22. The van der Waals surface area contributed by atoms with Gasteiger partial charge in [0.25, 0.3) is 0 Å². The maximum absolute atomic E-state index is 12.2. The number of hydrogen-bond donors (Lipinski definition) is 2. The lowest BCUT2D eigenvalue weighted by Crippen LogP contribution is -2.14. The molecule has 0 radical (unpaired) electrons. The normalized spacial score (nSPS) is 15.5. The van der Waals surface area contributed by atoms with Gasteiger partial charge in [0.15, 0.2) is 0 Å². The van der Waals surface area contributed by atoms with Crippen molar-refractivity contribution in [2.24, 2.45) is 0 Å². The molecule has 36 heavy (non-hydrogen) atoms. The van der Waals surface area contributed by atoms with Crippen LogP contribution in [0, 0.1) is 6.92 Å². The molecule has 0 saturated heterocycles. The van der Waals surface area contributed by atoms with Crippen LogP contribution in [-0.4, -0.2) is 36.0 Å². The van der Waals surface area contributed by atoms with Gasteiger partial charge >= 0.3 is 5.97 Å². The summed E-state index contributed by atoms with van der Waals surface area (Å²) in [4.78, 5) is 12.2. The van der Waals surface area contributed by atoms with E-state index in [1.165, 1.54) is 19.3 Å². The first-order chi connectivity index (χ1) is 17.1. The van der Waals surface area contributed by atoms with E-state index in [9.17, 15) is 4.79 Å². The maximum Gasteiger partial charge on any atom is 0.343 e. The van der Waals surface area contributed by atoms with Gasteiger partial charge in [-0.2, -0.15) is 0 Å². The van der Waals surface area contributed by atoms with Crippen LogP contribution in [0.25, 0.3) is 0 Å². The summed E-state index contributed by atoms with van der Waals surface area (Å²) in [5, 5.41) is 17.5. The molecule has 2 aliphatic carbocycles. The minimum Gasteiger partial charge on any atom is -0.496 e. The third-order valence-electron chi connectivity index (χ3n) is 5.17. The van der Waals surface area contributed by atoms with E-state index in [0.717, 1.165) is 22.4 Å². The number of carbonyl (C=O) groups is 1. The van der Waals surface area contributed by atoms with Gasteiger partial charge in [-0.25, -0.2) is 4.79 Å². The van der Waals surface area contributed by atoms with Crippen LogP contribution in [0.3, 0.4) is 0 Å². The Balaban J connectivity index is 0.000000377. The molecule has 0 spiro atoms. The van der Waals surface area contributed by atoms with E-state index in [4.69, 9.17) is 19.7 Å². The Morgan fingerprint density at radius 2 is 1.64 bits per heavy atom. The Kier molecular flexibility index (Phi) is 13.8. The minimum absolute atomic E-state index is 0.0726. The van der Waals surface area contributed by atoms with Crippen LogP contribution in [0.1, 0.15) is 81.8 Å². The van der Waals surface area contributed by atoms with Crippen LogP contribution in [0.4, 0.5) is 0 Å². The monoisotopic (exact) mass is 496 g/mol. The fourth-order valence-electron chi connectivity index (χ4n) is 2.96. The second-order valence-electron chi connectivity index (χ2n) is 9.53. The van der Waals surface area contributed by atoms with Crippen LogP contribution >= 0.6 is 0 Å². The van der Waals surface area contributed by atoms with Crippen molar-refractivity contribution >= 4 is 5.97 Å². The highest BCUT2D eigenvalue weighted by Gasteiger charge is 2.20. The van der Waals surface area contributed by atoms with Crippen LogP contribution < -0.4 is 9.47 Å². The van der Waals surface area contributed by atoms with Crippen molar-refractivity contribution < 1.29 is 24.5 Å². The van der Waals surface area contributed by atoms with E-state index in [-0.39, 0.29) is 24.1 Å². The van der Waals surface area contributed by atoms with Crippen LogP contribution in [0.2, 0.25) is 0 Å². The predicted molar refractivity (Wildman–Crippen MR) is 148 cm³/mol. The van der Waals surface area contributed by atoms with Gasteiger partial charge in [-0.1, -0.05) is 89.8 Å². The zero-order valence-corrected chi connectivity index (χ0v) is 23.0. The zero-order valence-electron chi connectivity index (χ0n) is 23.0. The summed E-state index contributed by atoms with van der Waals surface area (Å²) in [5.74, 6) is 0.962. The largest absolute Gasteiger partial charge is 0.496 e. The second-order valence-corrected chi connectivity index (χ2v) is 9.53. The summed E-state index contributed by atoms with van der Waals surface area (Å²) < 4.78 is 10.9. The standard InChI is InChI=1S/C19H22O3.C7H10O2.C3H6.C2H6/c1-13-6-8-14(9-7-13)18(20)22-15-10-11-17(21-5)16(12-15)19(2,3)4;8-5-6-1-3-7(9)4-2-6;1-2-3-1;1-2/h6-12H,1-5H3;1-3,7-9H,4-5H2;1-3H2;1-2H3. The van der Waals surface area contributed by atoms with Gasteiger partial charge in [-0.3, -0.25) is 0 Å². The number of benzene rings is 2. The molecular weight excluding hydrogens is 452 g/mol. The van der Waals surface area contributed by atoms with E-state index >= 15 is 0 Å². The molecule has 4 rings (SSSR count). The third kappa shape index (κ3) is 11.7. The summed E-state index contributed by atoms with van der Waals surface area (Å²) in [6.45, 7) is 12.3. The second kappa shape index (κ2) is 16.0. The van der Waals surface area contributed by atoms with Crippen molar-refractivity contribution in [3.05, 3.63) is 83.0 Å². The topological polar surface area (TPSA) is 76.0 Å². The van der Waals surface area contributed by atoms with Gasteiger partial charge in [0.1, 0.15) is 11.5 Å². The Morgan fingerprint density at radius 1 is 1.03 bits per heavy atom. The number of hydrogen-bond acceptors (Lipinski definition) is 5. The lowest BCUT2D eigenvalue weighted by atomic mass is 9.86. The Morgan fingerprint density at radius 3 is 2.08 bits per heavy atom. The van der Waals surface area contributed by atoms with Gasteiger partial charge in [-0.05, 0) is 54.7 Å². The molecule has 2 aromatic carbocycles. The average Bonchev–Trinajstić information content (AvgIpc) is 3.76. The third-order valence-corrected chi connectivity index (χ3v) is 5.17. The van der Waals surface area contributed by atoms with Gasteiger partial charge in [0.2, 0.25) is 0 Å². The molecule has 5 heteroatoms. The fraction of sp³-hybridized carbons (Fsp3) is 0.452. The molecule has 1 saturated carbocycles. The van der Waals surface area contributed by atoms with Crippen molar-refractivity contribution in [3.63, 3.8) is 0 Å². The fourth-order valence-corrected chi connectivity index (χ4v) is 2.96. The van der Waals surface area contributed by atoms with Crippen molar-refractivity contribution in [2.45, 2.75) is 78.7 Å². The number of rotatable bonds is 4. The number of ether oxygens (including phenoxy) is 2. The summed E-state index contributed by atoms with van der Waals surface area (Å²) in [5.41, 5.74) is 3.44. The highest BCUT2D eigenvalue weighted by molar-refractivity contribution is 5.91. The number of methoxy groups -OCH3 is 1. The van der Waals surface area contributed by atoms with Crippen LogP contribution in [0.15, 0.2) is 66.3 Å². The van der Waals surface area contributed by atoms with Crippen molar-refractivity contribution in [2.75, 3.05) is 13.7 Å². The first-order valence-electron chi connectivity index (χ1n) is 12.8. The first-order valence-corrected chi connectivity index (χ1v) is 12.8. The number of carbonyl (C=O) groups excluding carboxylic acids is 1. The predicted octanol–water partition coefficient (Wildman–Crippen LogP) is 6.94. The average molecular weight is 497 g/mol. The van der Waals surface area contributed by atoms with E-state index in [0.29, 0.717) is 17.7 Å². The highest BCUT2D eigenvalue weighted by atomic mass is 16.5. The van der Waals surface area contributed by atoms with Gasteiger partial charge in [0, 0.05) is 5.56 Å². The summed E-state index contributed by atoms with van der Waals surface area (Å²) in [7, 11) is 1.64. The van der Waals surface area contributed by atoms with Crippen molar-refractivity contribution in [1.82, 2.24) is 0 Å². The van der Waals surface area contributed by atoms with Gasteiger partial charge < -0.3 is 19.7 Å². The Labute approximate surface area is 217 Å². The molecule has 0 amide bonds. The number of esters is 1. The van der Waals surface area contributed by atoms with Crippen LogP contribution in [0.5, 0.6) is 11.5 Å². The van der Waals surface area contributed by atoms with E-state index in [1.54, 1.807) is 37.5 Å². The van der Waals surface area contributed by atoms with Crippen molar-refractivity contribution in [1.29, 1.82) is 0 Å². The lowest BCUT2D eigenvalue weighted by molar-refractivity contribution is 0.0734. The minimum atomic E-state index is -0.356. The number of aliphatic hydroxyl groups excluding tert-OH is 2. The molecule has 198 valence electrons. The number of aryl methyl sites for hydroxylation is 1. The maximum atomic E-state index is 12.2. The summed E-state index contributed by atoms with van der Waals surface area (Å²) in [6, 6.07) is 12.8. The molecule has 2 aliphatic rings. The SMILES string of the molecule is C1CC1.CC.COc1ccc(OC(=O)c2ccc(C)cc2)cc1C(C)(C)C.OCC1=CCC(O)C=C1. The quantitative estimate of drug-likeness (QED) is 0.354. The molecule has 2 aromatic rings. The molecule has 1 atom stereocenters. The van der Waals surface area contributed by atoms with E-state index in [2.05, 4.69) is 20.8 Å². The molecule has 5 nitrogen and oxygen atoms in total. The van der Waals surface area contributed by atoms with E-state index < -0.39 is 0 Å². The molecule has 1 unspecified atom stereocenters. The molecule has 0 aliphatic heterocycles. The Bertz CT molecular complexity index is 976. The zero-order chi connectivity index (χ0) is 27.1. The summed E-state index contributed by atoms with van der Waals surface area (Å²) >= 11 is 0. The molecule has 0 heterocycles.